The monoisotopic (exact) mass is 466 g/mol. The van der Waals surface area contributed by atoms with Gasteiger partial charge in [0, 0.05) is 28.7 Å². The molecule has 176 valence electrons. The van der Waals surface area contributed by atoms with Crippen molar-refractivity contribution in [3.63, 3.8) is 0 Å². The van der Waals surface area contributed by atoms with Gasteiger partial charge >= 0.3 is 17.6 Å². The van der Waals surface area contributed by atoms with Gasteiger partial charge in [-0.3, -0.25) is 14.9 Å². The maximum atomic E-state index is 12.7. The predicted octanol–water partition coefficient (Wildman–Crippen LogP) is 3.59. The average Bonchev–Trinajstić information content (AvgIpc) is 3.14. The van der Waals surface area contributed by atoms with E-state index in [4.69, 9.17) is 14.2 Å². The molecule has 0 spiro atoms. The number of ether oxygens (including phenoxy) is 3. The van der Waals surface area contributed by atoms with Crippen LogP contribution in [0.5, 0.6) is 5.75 Å². The number of hydrogen-bond donors (Lipinski definition) is 0. The summed E-state index contributed by atoms with van der Waals surface area (Å²) in [5.41, 5.74) is 2.66. The molecule has 0 aliphatic heterocycles. The summed E-state index contributed by atoms with van der Waals surface area (Å²) in [6.07, 6.45) is 0. The smallest absolute Gasteiger partial charge is 0.344 e. The summed E-state index contributed by atoms with van der Waals surface area (Å²) in [6.45, 7) is 2.49. The van der Waals surface area contributed by atoms with Gasteiger partial charge in [-0.05, 0) is 50.2 Å². The van der Waals surface area contributed by atoms with Crippen molar-refractivity contribution in [3.8, 4) is 11.4 Å². The molecule has 0 N–H and O–H groups in total. The van der Waals surface area contributed by atoms with Crippen molar-refractivity contribution in [2.45, 2.75) is 13.8 Å². The number of aromatic nitrogens is 1. The summed E-state index contributed by atoms with van der Waals surface area (Å²) in [5.74, 6) is -1.77. The van der Waals surface area contributed by atoms with Crippen molar-refractivity contribution < 1.29 is 33.5 Å². The number of hydrogen-bond acceptors (Lipinski definition) is 8. The van der Waals surface area contributed by atoms with Crippen molar-refractivity contribution in [2.24, 2.45) is 0 Å². The van der Waals surface area contributed by atoms with E-state index in [-0.39, 0.29) is 11.4 Å². The lowest BCUT2D eigenvalue weighted by Gasteiger charge is -2.11. The molecule has 10 nitrogen and oxygen atoms in total. The van der Waals surface area contributed by atoms with Gasteiger partial charge in [0.05, 0.1) is 17.6 Å². The summed E-state index contributed by atoms with van der Waals surface area (Å²) in [5, 5.41) is 11.0. The van der Waals surface area contributed by atoms with Gasteiger partial charge < -0.3 is 18.8 Å². The fourth-order valence-corrected chi connectivity index (χ4v) is 3.44. The van der Waals surface area contributed by atoms with Gasteiger partial charge in [-0.1, -0.05) is 12.1 Å². The SMILES string of the molecule is COC(=O)c1ccc(-n2c(C)cc(C(=O)COC(=O)COc3ccccc3[N+](=O)[O-])c2C)cc1. The third kappa shape index (κ3) is 5.29. The van der Waals surface area contributed by atoms with Crippen LogP contribution in [0.3, 0.4) is 0 Å². The lowest BCUT2D eigenvalue weighted by molar-refractivity contribution is -0.385. The molecule has 2 aromatic carbocycles. The minimum atomic E-state index is -0.835. The molecule has 0 saturated carbocycles. The third-order valence-electron chi connectivity index (χ3n) is 5.05. The molecule has 1 heterocycles. The molecule has 0 bridgehead atoms. The van der Waals surface area contributed by atoms with Crippen LogP contribution in [0.1, 0.15) is 32.1 Å². The second-order valence-electron chi connectivity index (χ2n) is 7.26. The van der Waals surface area contributed by atoms with Crippen molar-refractivity contribution >= 4 is 23.4 Å². The summed E-state index contributed by atoms with van der Waals surface area (Å²) in [6, 6.07) is 14.0. The number of esters is 2. The first kappa shape index (κ1) is 24.2. The third-order valence-corrected chi connectivity index (χ3v) is 5.05. The van der Waals surface area contributed by atoms with Gasteiger partial charge in [-0.2, -0.15) is 0 Å². The highest BCUT2D eigenvalue weighted by Crippen LogP contribution is 2.26. The van der Waals surface area contributed by atoms with Crippen LogP contribution in [0.15, 0.2) is 54.6 Å². The quantitative estimate of drug-likeness (QED) is 0.203. The van der Waals surface area contributed by atoms with Crippen LogP contribution in [0, 0.1) is 24.0 Å². The first-order valence-electron chi connectivity index (χ1n) is 10.2. The predicted molar refractivity (Wildman–Crippen MR) is 120 cm³/mol. The van der Waals surface area contributed by atoms with Crippen LogP contribution < -0.4 is 4.74 Å². The number of methoxy groups -OCH3 is 1. The Kier molecular flexibility index (Phi) is 7.42. The Bertz CT molecular complexity index is 1240. The first-order chi connectivity index (χ1) is 16.2. The molecule has 0 unspecified atom stereocenters. The van der Waals surface area contributed by atoms with E-state index in [1.807, 2.05) is 11.5 Å². The van der Waals surface area contributed by atoms with Crippen LogP contribution in [0.2, 0.25) is 0 Å². The molecular weight excluding hydrogens is 444 g/mol. The van der Waals surface area contributed by atoms with Crippen molar-refractivity contribution in [2.75, 3.05) is 20.3 Å². The lowest BCUT2D eigenvalue weighted by atomic mass is 10.1. The topological polar surface area (TPSA) is 127 Å². The number of carbonyl (C=O) groups excluding carboxylic acids is 3. The number of carbonyl (C=O) groups is 3. The van der Waals surface area contributed by atoms with E-state index in [1.165, 1.54) is 31.4 Å². The Labute approximate surface area is 194 Å². The van der Waals surface area contributed by atoms with Crippen LogP contribution in [-0.2, 0) is 14.3 Å². The molecule has 0 fully saturated rings. The maximum Gasteiger partial charge on any atom is 0.344 e. The zero-order valence-corrected chi connectivity index (χ0v) is 18.8. The molecule has 1 aromatic heterocycles. The second-order valence-corrected chi connectivity index (χ2v) is 7.26. The van der Waals surface area contributed by atoms with Gasteiger partial charge in [0.2, 0.25) is 5.78 Å². The van der Waals surface area contributed by atoms with Crippen molar-refractivity contribution in [3.05, 3.63) is 87.2 Å². The largest absolute Gasteiger partial charge is 0.475 e. The van der Waals surface area contributed by atoms with Gasteiger partial charge in [0.15, 0.2) is 19.0 Å². The number of aryl methyl sites for hydroxylation is 1. The summed E-state index contributed by atoms with van der Waals surface area (Å²) >= 11 is 0. The van der Waals surface area contributed by atoms with Gasteiger partial charge in [-0.15, -0.1) is 0 Å². The van der Waals surface area contributed by atoms with Gasteiger partial charge in [0.1, 0.15) is 0 Å². The fraction of sp³-hybridized carbons (Fsp3) is 0.208. The van der Waals surface area contributed by atoms with E-state index < -0.39 is 35.9 Å². The minimum absolute atomic E-state index is 0.0717. The second kappa shape index (κ2) is 10.4. The molecule has 0 aliphatic carbocycles. The van der Waals surface area contributed by atoms with E-state index in [0.717, 1.165) is 11.4 Å². The molecule has 10 heteroatoms. The molecule has 3 rings (SSSR count). The Balaban J connectivity index is 1.64. The molecular formula is C24H22N2O8. The summed E-state index contributed by atoms with van der Waals surface area (Å²) in [7, 11) is 1.30. The molecule has 0 atom stereocenters. The number of benzene rings is 2. The molecule has 3 aromatic rings. The molecule has 34 heavy (non-hydrogen) atoms. The normalized spacial score (nSPS) is 10.4. The number of ketones is 1. The number of Topliss-reactive ketones (excluding diaryl/α,β-unsaturated/α-hetero) is 1. The van der Waals surface area contributed by atoms with E-state index in [2.05, 4.69) is 0 Å². The van der Waals surface area contributed by atoms with E-state index in [1.54, 1.807) is 37.3 Å². The highest BCUT2D eigenvalue weighted by atomic mass is 16.6. The van der Waals surface area contributed by atoms with Crippen molar-refractivity contribution in [1.29, 1.82) is 0 Å². The Hall–Kier alpha value is -4.47. The van der Waals surface area contributed by atoms with Crippen molar-refractivity contribution in [1.82, 2.24) is 4.57 Å². The summed E-state index contributed by atoms with van der Waals surface area (Å²) in [4.78, 5) is 46.7. The van der Waals surface area contributed by atoms with Crippen LogP contribution in [0.25, 0.3) is 5.69 Å². The van der Waals surface area contributed by atoms with Crippen LogP contribution in [-0.4, -0.2) is 47.5 Å². The molecule has 0 aliphatic rings. The minimum Gasteiger partial charge on any atom is -0.475 e. The van der Waals surface area contributed by atoms with E-state index in [0.29, 0.717) is 16.8 Å². The Morgan fingerprint density at radius 1 is 1.00 bits per heavy atom. The zero-order chi connectivity index (χ0) is 24.8. The highest BCUT2D eigenvalue weighted by Gasteiger charge is 2.20. The number of rotatable bonds is 9. The molecule has 0 amide bonds. The number of nitro groups is 1. The van der Waals surface area contributed by atoms with Gasteiger partial charge in [0.25, 0.3) is 0 Å². The number of para-hydroxylation sites is 2. The van der Waals surface area contributed by atoms with Crippen LogP contribution >= 0.6 is 0 Å². The highest BCUT2D eigenvalue weighted by molar-refractivity contribution is 5.99. The molecule has 0 radical (unpaired) electrons. The standard InChI is InChI=1S/C24H22N2O8/c1-15-12-19(16(2)25(15)18-10-8-17(9-11-18)24(29)32-3)21(27)13-34-23(28)14-33-22-7-5-4-6-20(22)26(30)31/h4-12H,13-14H2,1-3H3. The maximum absolute atomic E-state index is 12.7. The van der Waals surface area contributed by atoms with Crippen LogP contribution in [0.4, 0.5) is 5.69 Å². The average molecular weight is 466 g/mol. The zero-order valence-electron chi connectivity index (χ0n) is 18.8. The van der Waals surface area contributed by atoms with E-state index >= 15 is 0 Å². The summed E-state index contributed by atoms with van der Waals surface area (Å²) < 4.78 is 16.7. The van der Waals surface area contributed by atoms with Gasteiger partial charge in [-0.25, -0.2) is 9.59 Å². The molecule has 0 saturated heterocycles. The number of nitrogens with zero attached hydrogens (tertiary/aromatic N) is 2. The Morgan fingerprint density at radius 3 is 2.32 bits per heavy atom. The lowest BCUT2D eigenvalue weighted by Crippen LogP contribution is -2.20. The Morgan fingerprint density at radius 2 is 1.68 bits per heavy atom. The first-order valence-corrected chi connectivity index (χ1v) is 10.2. The number of nitro benzene ring substituents is 1. The van der Waals surface area contributed by atoms with E-state index in [9.17, 15) is 24.5 Å². The fourth-order valence-electron chi connectivity index (χ4n) is 3.44.